The van der Waals surface area contributed by atoms with Gasteiger partial charge < -0.3 is 18.6 Å². The van der Waals surface area contributed by atoms with Gasteiger partial charge in [0.05, 0.1) is 30.9 Å². The molecule has 0 N–H and O–H groups in total. The van der Waals surface area contributed by atoms with Crippen LogP contribution in [0.2, 0.25) is 18.1 Å². The fraction of sp³-hybridized carbons (Fsp3) is 0.455. The van der Waals surface area contributed by atoms with Gasteiger partial charge in [0.1, 0.15) is 5.75 Å². The minimum absolute atomic E-state index is 0.0244. The molecule has 0 aliphatic carbocycles. The second kappa shape index (κ2) is 11.6. The summed E-state index contributed by atoms with van der Waals surface area (Å²) in [5, 5.41) is -0.0432. The molecule has 10 heteroatoms. The van der Waals surface area contributed by atoms with Gasteiger partial charge in [0.2, 0.25) is 0 Å². The first-order valence-electron chi connectivity index (χ1n) is 14.7. The van der Waals surface area contributed by atoms with Crippen molar-refractivity contribution in [3.8, 4) is 11.4 Å². The van der Waals surface area contributed by atoms with E-state index in [2.05, 4.69) is 38.8 Å². The number of halogens is 3. The number of amides is 1. The fourth-order valence-corrected chi connectivity index (χ4v) is 7.32. The van der Waals surface area contributed by atoms with Crippen LogP contribution in [0.5, 0.6) is 5.75 Å². The highest BCUT2D eigenvalue weighted by Crippen LogP contribution is 2.46. The topological polar surface area (TPSA) is 56.6 Å². The number of benzene rings is 2. The number of ether oxygens (including phenoxy) is 1. The van der Waals surface area contributed by atoms with Crippen LogP contribution in [0.1, 0.15) is 69.3 Å². The molecule has 5 rings (SSSR count). The zero-order chi connectivity index (χ0) is 31.3. The van der Waals surface area contributed by atoms with Crippen molar-refractivity contribution in [1.82, 2.24) is 14.5 Å². The molecule has 0 spiro atoms. The Hall–Kier alpha value is -3.37. The summed E-state index contributed by atoms with van der Waals surface area (Å²) in [5.74, 6) is -3.64. The molecule has 3 heterocycles. The molecule has 1 aromatic heterocycles. The Morgan fingerprint density at radius 3 is 2.47 bits per heavy atom. The molecule has 2 fully saturated rings. The van der Waals surface area contributed by atoms with E-state index in [0.717, 1.165) is 23.0 Å². The van der Waals surface area contributed by atoms with E-state index in [-0.39, 0.29) is 28.7 Å². The van der Waals surface area contributed by atoms with E-state index >= 15 is 4.39 Å². The first-order valence-corrected chi connectivity index (χ1v) is 17.6. The number of methoxy groups -OCH3 is 1. The number of aromatic nitrogens is 2. The highest BCUT2D eigenvalue weighted by molar-refractivity contribution is 6.74. The summed E-state index contributed by atoms with van der Waals surface area (Å²) in [6, 6.07) is 6.87. The van der Waals surface area contributed by atoms with Gasteiger partial charge in [-0.3, -0.25) is 4.79 Å². The largest absolute Gasteiger partial charge is 0.495 e. The quantitative estimate of drug-likeness (QED) is 0.162. The van der Waals surface area contributed by atoms with Crippen molar-refractivity contribution in [2.45, 2.75) is 89.7 Å². The van der Waals surface area contributed by atoms with E-state index in [0.29, 0.717) is 37.0 Å². The molecule has 230 valence electrons. The van der Waals surface area contributed by atoms with Crippen molar-refractivity contribution < 1.29 is 27.1 Å². The molecular weight excluding hydrogens is 571 g/mol. The average Bonchev–Trinajstić information content (AvgIpc) is 3.38. The Balaban J connectivity index is 1.49. The minimum atomic E-state index is -2.19. The lowest BCUT2D eigenvalue weighted by molar-refractivity contribution is -0.139. The summed E-state index contributed by atoms with van der Waals surface area (Å²) in [4.78, 5) is 20.1. The number of fused-ring (bicyclic) bond motifs is 1. The molecule has 1 amide bonds. The number of carbonyl (C=O) groups is 1. The van der Waals surface area contributed by atoms with E-state index in [4.69, 9.17) is 9.16 Å². The number of carbonyl (C=O) groups excluding carboxylic acids is 1. The predicted molar refractivity (Wildman–Crippen MR) is 163 cm³/mol. The maximum absolute atomic E-state index is 15.3. The smallest absolute Gasteiger partial charge is 0.250 e. The second-order valence-electron chi connectivity index (χ2n) is 13.2. The number of rotatable bonds is 6. The van der Waals surface area contributed by atoms with Crippen LogP contribution in [-0.2, 0) is 9.22 Å². The SMILES string of the molecule is COc1cc(C=C2CC[C@@H]3C[C@@H](O[Si](C)(C)C(C)(C)C)C[C@@H](c4ccc(F)c(F)c4F)N3C2=O)ccc1-n1cnc(C)c1. The fourth-order valence-electron chi connectivity index (χ4n) is 5.94. The summed E-state index contributed by atoms with van der Waals surface area (Å²) in [5.41, 5.74) is 3.02. The molecule has 43 heavy (non-hydrogen) atoms. The van der Waals surface area contributed by atoms with E-state index in [1.54, 1.807) is 18.3 Å². The minimum Gasteiger partial charge on any atom is -0.495 e. The number of nitrogens with zero attached hydrogens (tertiary/aromatic N) is 3. The van der Waals surface area contributed by atoms with Gasteiger partial charge in [0, 0.05) is 29.5 Å². The summed E-state index contributed by atoms with van der Waals surface area (Å²) in [6.07, 6.45) is 7.31. The van der Waals surface area contributed by atoms with Crippen molar-refractivity contribution in [2.75, 3.05) is 7.11 Å². The second-order valence-corrected chi connectivity index (χ2v) is 17.9. The van der Waals surface area contributed by atoms with Crippen molar-refractivity contribution in [3.63, 3.8) is 0 Å². The Morgan fingerprint density at radius 2 is 1.81 bits per heavy atom. The first kappa shape index (κ1) is 31.1. The van der Waals surface area contributed by atoms with Crippen LogP contribution in [0.15, 0.2) is 48.4 Å². The maximum Gasteiger partial charge on any atom is 0.250 e. The van der Waals surface area contributed by atoms with Gasteiger partial charge >= 0.3 is 0 Å². The number of aryl methyl sites for hydroxylation is 1. The van der Waals surface area contributed by atoms with Crippen molar-refractivity contribution in [1.29, 1.82) is 0 Å². The Kier molecular flexibility index (Phi) is 8.39. The van der Waals surface area contributed by atoms with Crippen LogP contribution in [0.4, 0.5) is 13.2 Å². The van der Waals surface area contributed by atoms with E-state index in [1.165, 1.54) is 6.07 Å². The van der Waals surface area contributed by atoms with E-state index in [9.17, 15) is 13.6 Å². The zero-order valence-corrected chi connectivity index (χ0v) is 26.9. The molecule has 2 aliphatic heterocycles. The summed E-state index contributed by atoms with van der Waals surface area (Å²) in [6.45, 7) is 12.7. The van der Waals surface area contributed by atoms with Crippen LogP contribution in [0.25, 0.3) is 11.8 Å². The van der Waals surface area contributed by atoms with Gasteiger partial charge in [0.25, 0.3) is 5.91 Å². The lowest BCUT2D eigenvalue weighted by Crippen LogP contribution is -2.55. The van der Waals surface area contributed by atoms with Crippen LogP contribution >= 0.6 is 0 Å². The highest BCUT2D eigenvalue weighted by Gasteiger charge is 2.47. The monoisotopic (exact) mass is 611 g/mol. The Labute approximate surface area is 252 Å². The molecule has 0 saturated carbocycles. The molecule has 0 bridgehead atoms. The van der Waals surface area contributed by atoms with Crippen LogP contribution < -0.4 is 4.74 Å². The molecular formula is C33H40F3N3O3Si. The number of imidazole rings is 1. The maximum atomic E-state index is 15.3. The molecule has 6 nitrogen and oxygen atoms in total. The van der Waals surface area contributed by atoms with Gasteiger partial charge in [-0.15, -0.1) is 0 Å². The predicted octanol–water partition coefficient (Wildman–Crippen LogP) is 7.91. The Bertz CT molecular complexity index is 1560. The third-order valence-electron chi connectivity index (χ3n) is 9.23. The van der Waals surface area contributed by atoms with Gasteiger partial charge in [-0.25, -0.2) is 18.2 Å². The molecule has 3 atom stereocenters. The lowest BCUT2D eigenvalue weighted by atomic mass is 9.82. The summed E-state index contributed by atoms with van der Waals surface area (Å²) in [7, 11) is -0.601. The number of hydrogen-bond donors (Lipinski definition) is 0. The summed E-state index contributed by atoms with van der Waals surface area (Å²) >= 11 is 0. The third kappa shape index (κ3) is 6.04. The first-order chi connectivity index (χ1) is 20.2. The molecule has 0 unspecified atom stereocenters. The van der Waals surface area contributed by atoms with Crippen molar-refractivity contribution in [2.24, 2.45) is 0 Å². The van der Waals surface area contributed by atoms with Gasteiger partial charge in [-0.1, -0.05) is 32.9 Å². The van der Waals surface area contributed by atoms with Crippen LogP contribution in [0, 0.1) is 24.4 Å². The van der Waals surface area contributed by atoms with Gasteiger partial charge in [-0.2, -0.15) is 0 Å². The standard InChI is InChI=1S/C33H40F3N3O3Si/c1-20-18-38(19-37-20)27-13-8-21(15-29(27)41-5)14-22-9-10-23-16-24(42-43(6,7)33(2,3)4)17-28(39(23)32(22)40)25-11-12-26(34)31(36)30(25)35/h8,11-15,18-19,23-24,28H,9-10,16-17H2,1-7H3/t23-,24-,28+/m1/s1. The average molecular weight is 612 g/mol. The molecule has 3 aromatic rings. The van der Waals surface area contributed by atoms with Gasteiger partial charge in [-0.05, 0) is 80.6 Å². The normalized spacial score (nSPS) is 22.2. The van der Waals surface area contributed by atoms with Crippen molar-refractivity contribution >= 4 is 20.3 Å². The lowest BCUT2D eigenvalue weighted by Gasteiger charge is -2.50. The molecule has 0 radical (unpaired) electrons. The van der Waals surface area contributed by atoms with E-state index in [1.807, 2.05) is 42.0 Å². The highest BCUT2D eigenvalue weighted by atomic mass is 28.4. The van der Waals surface area contributed by atoms with Gasteiger partial charge in [0.15, 0.2) is 25.8 Å². The Morgan fingerprint density at radius 1 is 1.07 bits per heavy atom. The molecule has 2 aliphatic rings. The van der Waals surface area contributed by atoms with E-state index < -0.39 is 31.8 Å². The number of piperidine rings is 2. The van der Waals surface area contributed by atoms with Crippen molar-refractivity contribution in [3.05, 3.63) is 82.7 Å². The van der Waals surface area contributed by atoms with Crippen LogP contribution in [0.3, 0.4) is 0 Å². The number of hydrogen-bond acceptors (Lipinski definition) is 4. The molecule has 2 aromatic carbocycles. The third-order valence-corrected chi connectivity index (χ3v) is 13.8. The summed E-state index contributed by atoms with van der Waals surface area (Å²) < 4.78 is 57.9. The zero-order valence-electron chi connectivity index (χ0n) is 25.9. The van der Waals surface area contributed by atoms with Crippen LogP contribution in [-0.4, -0.2) is 47.9 Å². The molecule has 2 saturated heterocycles.